The largest absolute Gasteiger partial charge is 0.383 e. The Morgan fingerprint density at radius 1 is 1.10 bits per heavy atom. The normalized spacial score (nSPS) is 12.7. The third-order valence-electron chi connectivity index (χ3n) is 3.27. The molecule has 114 valence electrons. The van der Waals surface area contributed by atoms with Gasteiger partial charge in [0.1, 0.15) is 6.61 Å². The number of ether oxygens (including phenoxy) is 2. The summed E-state index contributed by atoms with van der Waals surface area (Å²) < 4.78 is 10.1. The van der Waals surface area contributed by atoms with Crippen molar-refractivity contribution in [1.29, 1.82) is 0 Å². The zero-order chi connectivity index (χ0) is 15.0. The summed E-state index contributed by atoms with van der Waals surface area (Å²) in [6, 6.07) is 0. The Morgan fingerprint density at radius 3 is 2.30 bits per heavy atom. The summed E-state index contributed by atoms with van der Waals surface area (Å²) >= 11 is 0. The highest BCUT2D eigenvalue weighted by atomic mass is 16.5. The van der Waals surface area contributed by atoms with Gasteiger partial charge in [0.05, 0.1) is 6.61 Å². The molecular formula is C15H27N3O2. The van der Waals surface area contributed by atoms with Crippen molar-refractivity contribution in [3.05, 3.63) is 22.8 Å². The minimum Gasteiger partial charge on any atom is -0.383 e. The third-order valence-corrected chi connectivity index (χ3v) is 3.27. The Bertz CT molecular complexity index is 387. The van der Waals surface area contributed by atoms with Crippen molar-refractivity contribution in [3.63, 3.8) is 0 Å². The summed E-state index contributed by atoms with van der Waals surface area (Å²) in [7, 11) is 3.38. The summed E-state index contributed by atoms with van der Waals surface area (Å²) in [6.45, 7) is 9.42. The van der Waals surface area contributed by atoms with Gasteiger partial charge in [-0.3, -0.25) is 0 Å². The number of aromatic nitrogens is 2. The molecule has 0 aliphatic carbocycles. The fraction of sp³-hybridized carbons (Fsp3) is 0.733. The van der Waals surface area contributed by atoms with E-state index in [2.05, 4.69) is 22.2 Å². The van der Waals surface area contributed by atoms with E-state index in [0.29, 0.717) is 12.5 Å². The average Bonchev–Trinajstić information content (AvgIpc) is 2.39. The molecule has 1 atom stereocenters. The molecule has 0 aliphatic rings. The smallest absolute Gasteiger partial charge is 0.154 e. The molecule has 0 saturated carbocycles. The van der Waals surface area contributed by atoms with Gasteiger partial charge in [-0.25, -0.2) is 9.97 Å². The lowest BCUT2D eigenvalue weighted by atomic mass is 9.98. The fourth-order valence-electron chi connectivity index (χ4n) is 2.24. The summed E-state index contributed by atoms with van der Waals surface area (Å²) in [5, 5.41) is 3.39. The number of nitrogens with zero attached hydrogens (tertiary/aromatic N) is 2. The van der Waals surface area contributed by atoms with Gasteiger partial charge < -0.3 is 14.8 Å². The first-order chi connectivity index (χ1) is 9.58. The predicted octanol–water partition coefficient (Wildman–Crippen LogP) is 1.65. The maximum Gasteiger partial charge on any atom is 0.154 e. The minimum absolute atomic E-state index is 0.468. The van der Waals surface area contributed by atoms with Crippen molar-refractivity contribution < 1.29 is 9.47 Å². The van der Waals surface area contributed by atoms with E-state index in [1.807, 2.05) is 13.8 Å². The molecule has 5 nitrogen and oxygen atoms in total. The van der Waals surface area contributed by atoms with Crippen molar-refractivity contribution >= 4 is 0 Å². The maximum absolute atomic E-state index is 5.09. The molecule has 0 saturated heterocycles. The summed E-state index contributed by atoms with van der Waals surface area (Å²) in [4.78, 5) is 9.02. The van der Waals surface area contributed by atoms with Crippen LogP contribution in [-0.2, 0) is 22.5 Å². The van der Waals surface area contributed by atoms with Gasteiger partial charge in [-0.05, 0) is 38.3 Å². The van der Waals surface area contributed by atoms with E-state index >= 15 is 0 Å². The fourth-order valence-corrected chi connectivity index (χ4v) is 2.24. The molecule has 1 N–H and O–H groups in total. The maximum atomic E-state index is 5.09. The zero-order valence-electron chi connectivity index (χ0n) is 13.3. The van der Waals surface area contributed by atoms with Crippen molar-refractivity contribution in [3.8, 4) is 0 Å². The van der Waals surface area contributed by atoms with Gasteiger partial charge in [0.2, 0.25) is 0 Å². The lowest BCUT2D eigenvalue weighted by Crippen LogP contribution is -2.26. The van der Waals surface area contributed by atoms with Crippen molar-refractivity contribution in [2.75, 3.05) is 33.9 Å². The number of methoxy groups -OCH3 is 2. The minimum atomic E-state index is 0.468. The Kier molecular flexibility index (Phi) is 7.65. The lowest BCUT2D eigenvalue weighted by molar-refractivity contribution is 0.177. The molecule has 0 radical (unpaired) electrons. The standard InChI is InChI=1S/C15H27N3O2/c1-11(9-16-6-7-19-4)8-14-12(2)17-15(10-20-5)18-13(14)3/h11,16H,6-10H2,1-5H3. The molecule has 1 unspecified atom stereocenters. The number of hydrogen-bond acceptors (Lipinski definition) is 5. The van der Waals surface area contributed by atoms with Gasteiger partial charge in [-0.15, -0.1) is 0 Å². The molecule has 1 aromatic rings. The highest BCUT2D eigenvalue weighted by molar-refractivity contribution is 5.24. The summed E-state index contributed by atoms with van der Waals surface area (Å²) in [5.74, 6) is 1.30. The van der Waals surface area contributed by atoms with Crippen LogP contribution < -0.4 is 5.32 Å². The molecule has 0 amide bonds. The van der Waals surface area contributed by atoms with Crippen LogP contribution in [0.4, 0.5) is 0 Å². The summed E-state index contributed by atoms with van der Waals surface area (Å²) in [5.41, 5.74) is 3.38. The molecular weight excluding hydrogens is 254 g/mol. The van der Waals surface area contributed by atoms with Gasteiger partial charge in [-0.2, -0.15) is 0 Å². The second-order valence-electron chi connectivity index (χ2n) is 5.23. The van der Waals surface area contributed by atoms with Crippen LogP contribution in [0.3, 0.4) is 0 Å². The van der Waals surface area contributed by atoms with Crippen molar-refractivity contribution in [2.24, 2.45) is 5.92 Å². The molecule has 1 aromatic heterocycles. The van der Waals surface area contributed by atoms with E-state index in [0.717, 1.165) is 43.3 Å². The molecule has 0 spiro atoms. The van der Waals surface area contributed by atoms with Crippen LogP contribution in [0, 0.1) is 19.8 Å². The van der Waals surface area contributed by atoms with Crippen molar-refractivity contribution in [2.45, 2.75) is 33.8 Å². The first kappa shape index (κ1) is 17.0. The van der Waals surface area contributed by atoms with Gasteiger partial charge in [-0.1, -0.05) is 6.92 Å². The summed E-state index contributed by atoms with van der Waals surface area (Å²) in [6.07, 6.45) is 0.991. The van der Waals surface area contributed by atoms with E-state index in [1.165, 1.54) is 5.56 Å². The quantitative estimate of drug-likeness (QED) is 0.698. The molecule has 20 heavy (non-hydrogen) atoms. The second-order valence-corrected chi connectivity index (χ2v) is 5.23. The van der Waals surface area contributed by atoms with E-state index in [1.54, 1.807) is 14.2 Å². The van der Waals surface area contributed by atoms with Gasteiger partial charge >= 0.3 is 0 Å². The average molecular weight is 281 g/mol. The molecule has 0 aliphatic heterocycles. The molecule has 0 bridgehead atoms. The van der Waals surface area contributed by atoms with E-state index < -0.39 is 0 Å². The van der Waals surface area contributed by atoms with Gasteiger partial charge in [0, 0.05) is 32.2 Å². The lowest BCUT2D eigenvalue weighted by Gasteiger charge is -2.16. The van der Waals surface area contributed by atoms with E-state index in [9.17, 15) is 0 Å². The Labute approximate surface area is 122 Å². The Morgan fingerprint density at radius 2 is 1.75 bits per heavy atom. The number of aryl methyl sites for hydroxylation is 2. The predicted molar refractivity (Wildman–Crippen MR) is 79.8 cm³/mol. The molecule has 0 fully saturated rings. The molecule has 1 heterocycles. The second kappa shape index (κ2) is 9.00. The van der Waals surface area contributed by atoms with Crippen LogP contribution in [0.1, 0.15) is 29.7 Å². The molecule has 1 rings (SSSR count). The number of rotatable bonds is 9. The van der Waals surface area contributed by atoms with Crippen LogP contribution in [0.5, 0.6) is 0 Å². The first-order valence-electron chi connectivity index (χ1n) is 7.10. The van der Waals surface area contributed by atoms with Gasteiger partial charge in [0.15, 0.2) is 5.82 Å². The monoisotopic (exact) mass is 281 g/mol. The third kappa shape index (κ3) is 5.53. The van der Waals surface area contributed by atoms with Crippen LogP contribution in [0.2, 0.25) is 0 Å². The zero-order valence-corrected chi connectivity index (χ0v) is 13.3. The Balaban J connectivity index is 2.58. The SMILES string of the molecule is COCCNCC(C)Cc1c(C)nc(COC)nc1C. The van der Waals surface area contributed by atoms with Crippen LogP contribution >= 0.6 is 0 Å². The Hall–Kier alpha value is -1.04. The number of hydrogen-bond donors (Lipinski definition) is 1. The first-order valence-corrected chi connectivity index (χ1v) is 7.10. The highest BCUT2D eigenvalue weighted by Gasteiger charge is 2.12. The van der Waals surface area contributed by atoms with Crippen LogP contribution in [0.15, 0.2) is 0 Å². The van der Waals surface area contributed by atoms with Gasteiger partial charge in [0.25, 0.3) is 0 Å². The molecule has 5 heteroatoms. The number of nitrogens with one attached hydrogen (secondary N) is 1. The van der Waals surface area contributed by atoms with E-state index in [4.69, 9.17) is 9.47 Å². The topological polar surface area (TPSA) is 56.3 Å². The highest BCUT2D eigenvalue weighted by Crippen LogP contribution is 2.15. The van der Waals surface area contributed by atoms with E-state index in [-0.39, 0.29) is 0 Å². The van der Waals surface area contributed by atoms with Crippen molar-refractivity contribution in [1.82, 2.24) is 15.3 Å². The molecule has 0 aromatic carbocycles. The van der Waals surface area contributed by atoms with Crippen LogP contribution in [-0.4, -0.2) is 43.9 Å². The van der Waals surface area contributed by atoms with Crippen LogP contribution in [0.25, 0.3) is 0 Å².